The lowest BCUT2D eigenvalue weighted by Gasteiger charge is -2.13. The maximum Gasteiger partial charge on any atom is 0.322 e. The van der Waals surface area contributed by atoms with Crippen molar-refractivity contribution in [3.05, 3.63) is 48.7 Å². The number of carbonyl (C=O) groups is 1. The Labute approximate surface area is 122 Å². The van der Waals surface area contributed by atoms with E-state index in [9.17, 15) is 18.3 Å². The number of fused-ring (bicyclic) bond motifs is 1. The molecule has 0 saturated heterocycles. The largest absolute Gasteiger partial charge is 0.480 e. The predicted molar refractivity (Wildman–Crippen MR) is 80.5 cm³/mol. The van der Waals surface area contributed by atoms with Crippen LogP contribution in [0.4, 0.5) is 0 Å². The van der Waals surface area contributed by atoms with E-state index in [1.807, 2.05) is 24.3 Å². The number of nitrogens with one attached hydrogen (secondary N) is 2. The van der Waals surface area contributed by atoms with Gasteiger partial charge in [0.05, 0.1) is 5.75 Å². The third-order valence-electron chi connectivity index (χ3n) is 3.06. The molecule has 1 aromatic heterocycles. The molecule has 2 aromatic rings. The number of hydrogen-bond donors (Lipinski definition) is 3. The van der Waals surface area contributed by atoms with Gasteiger partial charge in [-0.15, -0.1) is 6.58 Å². The lowest BCUT2D eigenvalue weighted by molar-refractivity contribution is -0.138. The van der Waals surface area contributed by atoms with Crippen LogP contribution in [0.15, 0.2) is 43.1 Å². The van der Waals surface area contributed by atoms with Crippen molar-refractivity contribution in [2.24, 2.45) is 0 Å². The molecule has 3 N–H and O–H groups in total. The minimum absolute atomic E-state index is 0.0652. The van der Waals surface area contributed by atoms with Crippen LogP contribution >= 0.6 is 0 Å². The molecule has 0 bridgehead atoms. The zero-order valence-corrected chi connectivity index (χ0v) is 12.1. The highest BCUT2D eigenvalue weighted by Gasteiger charge is 2.24. The first-order chi connectivity index (χ1) is 9.93. The van der Waals surface area contributed by atoms with Crippen molar-refractivity contribution < 1.29 is 18.3 Å². The topological polar surface area (TPSA) is 99.3 Å². The van der Waals surface area contributed by atoms with Gasteiger partial charge in [-0.25, -0.2) is 13.1 Å². The number of aromatic nitrogens is 1. The van der Waals surface area contributed by atoms with Crippen molar-refractivity contribution >= 4 is 26.9 Å². The molecule has 1 atom stereocenters. The Bertz CT molecular complexity index is 764. The minimum Gasteiger partial charge on any atom is -0.480 e. The molecule has 0 amide bonds. The molecular formula is C14H16N2O4S. The second-order valence-corrected chi connectivity index (χ2v) is 6.44. The van der Waals surface area contributed by atoms with Gasteiger partial charge in [0.15, 0.2) is 0 Å². The van der Waals surface area contributed by atoms with Crippen LogP contribution in [0.5, 0.6) is 0 Å². The zero-order chi connectivity index (χ0) is 15.5. The van der Waals surface area contributed by atoms with Crippen molar-refractivity contribution in [2.45, 2.75) is 12.5 Å². The molecule has 0 radical (unpaired) electrons. The summed E-state index contributed by atoms with van der Waals surface area (Å²) >= 11 is 0. The van der Waals surface area contributed by atoms with E-state index in [1.165, 1.54) is 6.08 Å². The number of sulfonamides is 1. The summed E-state index contributed by atoms with van der Waals surface area (Å²) in [5.41, 5.74) is 1.63. The molecule has 0 saturated carbocycles. The second-order valence-electron chi connectivity index (χ2n) is 4.64. The van der Waals surface area contributed by atoms with Crippen LogP contribution in [0.25, 0.3) is 10.9 Å². The van der Waals surface area contributed by atoms with Crippen molar-refractivity contribution in [3.8, 4) is 0 Å². The van der Waals surface area contributed by atoms with Gasteiger partial charge in [-0.2, -0.15) is 0 Å². The van der Waals surface area contributed by atoms with E-state index >= 15 is 0 Å². The lowest BCUT2D eigenvalue weighted by Crippen LogP contribution is -2.43. The molecule has 0 aliphatic carbocycles. The molecule has 0 fully saturated rings. The van der Waals surface area contributed by atoms with E-state index in [2.05, 4.69) is 16.3 Å². The molecule has 21 heavy (non-hydrogen) atoms. The molecule has 2 rings (SSSR count). The van der Waals surface area contributed by atoms with E-state index in [0.29, 0.717) is 0 Å². The Morgan fingerprint density at radius 1 is 1.43 bits per heavy atom. The van der Waals surface area contributed by atoms with Crippen molar-refractivity contribution in [2.75, 3.05) is 5.75 Å². The molecule has 1 unspecified atom stereocenters. The van der Waals surface area contributed by atoms with E-state index in [1.54, 1.807) is 6.20 Å². The Balaban J connectivity index is 2.24. The molecule has 112 valence electrons. The summed E-state index contributed by atoms with van der Waals surface area (Å²) in [7, 11) is -3.69. The normalized spacial score (nSPS) is 13.1. The van der Waals surface area contributed by atoms with Gasteiger partial charge < -0.3 is 10.1 Å². The third-order valence-corrected chi connectivity index (χ3v) is 4.37. The van der Waals surface area contributed by atoms with E-state index in [4.69, 9.17) is 0 Å². The monoisotopic (exact) mass is 308 g/mol. The average Bonchev–Trinajstić information content (AvgIpc) is 2.81. The number of rotatable bonds is 7. The van der Waals surface area contributed by atoms with Crippen molar-refractivity contribution in [1.29, 1.82) is 0 Å². The number of carboxylic acids is 1. The van der Waals surface area contributed by atoms with Crippen LogP contribution in [-0.4, -0.2) is 36.3 Å². The first-order valence-electron chi connectivity index (χ1n) is 6.31. The summed E-state index contributed by atoms with van der Waals surface area (Å²) in [4.78, 5) is 14.3. The summed E-state index contributed by atoms with van der Waals surface area (Å²) in [5.74, 6) is -1.53. The summed E-state index contributed by atoms with van der Waals surface area (Å²) in [6.45, 7) is 3.34. The Morgan fingerprint density at radius 3 is 2.81 bits per heavy atom. The average molecular weight is 308 g/mol. The summed E-state index contributed by atoms with van der Waals surface area (Å²) in [6.07, 6.45) is 2.98. The number of benzene rings is 1. The smallest absolute Gasteiger partial charge is 0.322 e. The fraction of sp³-hybridized carbons (Fsp3) is 0.214. The second kappa shape index (κ2) is 6.11. The van der Waals surface area contributed by atoms with Gasteiger partial charge in [0.2, 0.25) is 10.0 Å². The maximum absolute atomic E-state index is 11.7. The first kappa shape index (κ1) is 15.3. The Morgan fingerprint density at radius 2 is 2.14 bits per heavy atom. The van der Waals surface area contributed by atoms with Crippen LogP contribution in [-0.2, 0) is 21.2 Å². The standard InChI is InChI=1S/C14H16N2O4S/c1-2-7-21(19,20)16-13(14(17)18)8-10-9-15-12-6-4-3-5-11(10)12/h2-6,9,13,15-16H,1,7-8H2,(H,17,18). The van der Waals surface area contributed by atoms with Crippen molar-refractivity contribution in [1.82, 2.24) is 9.71 Å². The van der Waals surface area contributed by atoms with Crippen molar-refractivity contribution in [3.63, 3.8) is 0 Å². The quantitative estimate of drug-likeness (QED) is 0.671. The lowest BCUT2D eigenvalue weighted by atomic mass is 10.1. The minimum atomic E-state index is -3.69. The summed E-state index contributed by atoms with van der Waals surface area (Å²) < 4.78 is 25.6. The fourth-order valence-corrected chi connectivity index (χ4v) is 3.14. The summed E-state index contributed by atoms with van der Waals surface area (Å²) in [5, 5.41) is 10.1. The van der Waals surface area contributed by atoms with Gasteiger partial charge in [0, 0.05) is 23.5 Å². The SMILES string of the molecule is C=CCS(=O)(=O)NC(Cc1c[nH]c2ccccc12)C(=O)O. The number of carboxylic acid groups (broad SMARTS) is 1. The number of aromatic amines is 1. The molecule has 6 nitrogen and oxygen atoms in total. The summed E-state index contributed by atoms with van der Waals surface area (Å²) in [6, 6.07) is 6.23. The van der Waals surface area contributed by atoms with Crippen LogP contribution in [0, 0.1) is 0 Å². The number of H-pyrrole nitrogens is 1. The van der Waals surface area contributed by atoms with Gasteiger partial charge in [0.1, 0.15) is 6.04 Å². The van der Waals surface area contributed by atoms with Crippen LogP contribution in [0.3, 0.4) is 0 Å². The molecular weight excluding hydrogens is 292 g/mol. The maximum atomic E-state index is 11.7. The first-order valence-corrected chi connectivity index (χ1v) is 7.97. The van der Waals surface area contributed by atoms with Gasteiger partial charge in [-0.05, 0) is 11.6 Å². The van der Waals surface area contributed by atoms with Crippen LogP contribution < -0.4 is 4.72 Å². The van der Waals surface area contributed by atoms with Gasteiger partial charge in [-0.1, -0.05) is 24.3 Å². The number of aliphatic carboxylic acids is 1. The zero-order valence-electron chi connectivity index (χ0n) is 11.2. The number of para-hydroxylation sites is 1. The van der Waals surface area contributed by atoms with Gasteiger partial charge >= 0.3 is 5.97 Å². The van der Waals surface area contributed by atoms with Crippen LogP contribution in [0.1, 0.15) is 5.56 Å². The molecule has 1 heterocycles. The fourth-order valence-electron chi connectivity index (χ4n) is 2.12. The highest BCUT2D eigenvalue weighted by molar-refractivity contribution is 7.89. The van der Waals surface area contributed by atoms with Gasteiger partial charge in [-0.3, -0.25) is 4.79 Å². The van der Waals surface area contributed by atoms with Crippen LogP contribution in [0.2, 0.25) is 0 Å². The molecule has 1 aromatic carbocycles. The molecule has 7 heteroatoms. The van der Waals surface area contributed by atoms with Gasteiger partial charge in [0.25, 0.3) is 0 Å². The van der Waals surface area contributed by atoms with E-state index in [0.717, 1.165) is 16.5 Å². The third kappa shape index (κ3) is 3.71. The Hall–Kier alpha value is -2.12. The van der Waals surface area contributed by atoms with E-state index in [-0.39, 0.29) is 12.2 Å². The highest BCUT2D eigenvalue weighted by atomic mass is 32.2. The number of hydrogen-bond acceptors (Lipinski definition) is 3. The predicted octanol–water partition coefficient (Wildman–Crippen LogP) is 1.27. The Kier molecular flexibility index (Phi) is 4.44. The van der Waals surface area contributed by atoms with E-state index < -0.39 is 22.0 Å². The molecule has 0 aliphatic rings. The molecule has 0 aliphatic heterocycles. The highest BCUT2D eigenvalue weighted by Crippen LogP contribution is 2.19. The molecule has 0 spiro atoms.